The Kier molecular flexibility index (Phi) is 3.21. The van der Waals surface area contributed by atoms with Crippen LogP contribution in [0.2, 0.25) is 0 Å². The second-order valence-electron chi connectivity index (χ2n) is 4.53. The lowest BCUT2D eigenvalue weighted by Gasteiger charge is -2.15. The van der Waals surface area contributed by atoms with Gasteiger partial charge in [0.05, 0.1) is 5.56 Å². The molecule has 4 N–H and O–H groups in total. The molecule has 2 aromatic heterocycles. The lowest BCUT2D eigenvalue weighted by atomic mass is 9.93. The van der Waals surface area contributed by atoms with Crippen LogP contribution in [0.25, 0.3) is 11.1 Å². The number of carbonyl (C=O) groups is 1. The Labute approximate surface area is 111 Å². The molecule has 5 heteroatoms. The maximum atomic E-state index is 11.7. The molecular formula is C14H16N4O. The van der Waals surface area contributed by atoms with Crippen molar-refractivity contribution < 1.29 is 4.79 Å². The van der Waals surface area contributed by atoms with E-state index >= 15 is 0 Å². The minimum Gasteiger partial charge on any atom is -0.383 e. The highest BCUT2D eigenvalue weighted by molar-refractivity contribution is 6.04. The minimum absolute atomic E-state index is 0.290. The van der Waals surface area contributed by atoms with Gasteiger partial charge in [-0.25, -0.2) is 4.98 Å². The van der Waals surface area contributed by atoms with E-state index in [0.717, 1.165) is 16.8 Å². The fourth-order valence-corrected chi connectivity index (χ4v) is 2.26. The number of aryl methyl sites for hydroxylation is 3. The number of aromatic nitrogens is 2. The SMILES string of the molecule is Cc1cnc(N)c(-c2c(C)ccnc2C)c1C(N)=O. The van der Waals surface area contributed by atoms with Crippen LogP contribution in [-0.4, -0.2) is 15.9 Å². The van der Waals surface area contributed by atoms with Gasteiger partial charge in [0.15, 0.2) is 0 Å². The van der Waals surface area contributed by atoms with Crippen molar-refractivity contribution in [1.82, 2.24) is 9.97 Å². The van der Waals surface area contributed by atoms with E-state index < -0.39 is 5.91 Å². The van der Waals surface area contributed by atoms with E-state index in [0.29, 0.717) is 22.5 Å². The van der Waals surface area contributed by atoms with Crippen LogP contribution in [0.15, 0.2) is 18.5 Å². The fourth-order valence-electron chi connectivity index (χ4n) is 2.26. The van der Waals surface area contributed by atoms with E-state index in [9.17, 15) is 4.79 Å². The van der Waals surface area contributed by atoms with Gasteiger partial charge in [-0.3, -0.25) is 9.78 Å². The number of hydrogen-bond acceptors (Lipinski definition) is 4. The third kappa shape index (κ3) is 2.14. The van der Waals surface area contributed by atoms with Crippen LogP contribution in [0.4, 0.5) is 5.82 Å². The molecule has 0 spiro atoms. The number of anilines is 1. The van der Waals surface area contributed by atoms with Crippen LogP contribution >= 0.6 is 0 Å². The zero-order chi connectivity index (χ0) is 14.2. The van der Waals surface area contributed by atoms with E-state index in [-0.39, 0.29) is 0 Å². The van der Waals surface area contributed by atoms with Gasteiger partial charge < -0.3 is 11.5 Å². The number of nitrogens with zero attached hydrogens (tertiary/aromatic N) is 2. The molecule has 0 saturated heterocycles. The van der Waals surface area contributed by atoms with Crippen molar-refractivity contribution in [2.45, 2.75) is 20.8 Å². The molecule has 0 bridgehead atoms. The number of carbonyl (C=O) groups excluding carboxylic acids is 1. The zero-order valence-corrected chi connectivity index (χ0v) is 11.2. The molecule has 1 amide bonds. The Balaban J connectivity index is 2.90. The molecule has 0 fully saturated rings. The smallest absolute Gasteiger partial charge is 0.249 e. The van der Waals surface area contributed by atoms with Crippen molar-refractivity contribution in [1.29, 1.82) is 0 Å². The summed E-state index contributed by atoms with van der Waals surface area (Å²) in [6.07, 6.45) is 3.28. The molecule has 0 saturated carbocycles. The van der Waals surface area contributed by atoms with E-state index in [2.05, 4.69) is 9.97 Å². The third-order valence-corrected chi connectivity index (χ3v) is 3.14. The van der Waals surface area contributed by atoms with Crippen LogP contribution in [-0.2, 0) is 0 Å². The van der Waals surface area contributed by atoms with E-state index in [1.807, 2.05) is 19.9 Å². The van der Waals surface area contributed by atoms with E-state index in [1.165, 1.54) is 0 Å². The molecule has 0 aliphatic carbocycles. The van der Waals surface area contributed by atoms with Crippen molar-refractivity contribution in [3.05, 3.63) is 40.8 Å². The minimum atomic E-state index is -0.510. The second-order valence-corrected chi connectivity index (χ2v) is 4.53. The summed E-state index contributed by atoms with van der Waals surface area (Å²) in [7, 11) is 0. The standard InChI is InChI=1S/C14H16N4O/c1-7-4-5-17-9(3)10(7)12-11(14(16)19)8(2)6-18-13(12)15/h4-6H,1-3H3,(H2,15,18)(H2,16,19). The van der Waals surface area contributed by atoms with E-state index in [4.69, 9.17) is 11.5 Å². The summed E-state index contributed by atoms with van der Waals surface area (Å²) in [5.41, 5.74) is 15.7. The molecule has 2 heterocycles. The van der Waals surface area contributed by atoms with Crippen molar-refractivity contribution >= 4 is 11.7 Å². The van der Waals surface area contributed by atoms with Gasteiger partial charge in [0.25, 0.3) is 0 Å². The summed E-state index contributed by atoms with van der Waals surface area (Å²) in [6.45, 7) is 5.60. The molecule has 19 heavy (non-hydrogen) atoms. The predicted molar refractivity (Wildman–Crippen MR) is 74.6 cm³/mol. The fraction of sp³-hybridized carbons (Fsp3) is 0.214. The molecule has 0 aromatic carbocycles. The van der Waals surface area contributed by atoms with Gasteiger partial charge in [-0.05, 0) is 38.0 Å². The number of hydrogen-bond donors (Lipinski definition) is 2. The quantitative estimate of drug-likeness (QED) is 0.855. The largest absolute Gasteiger partial charge is 0.383 e. The monoisotopic (exact) mass is 256 g/mol. The molecule has 0 radical (unpaired) electrons. The Morgan fingerprint density at radius 3 is 2.37 bits per heavy atom. The van der Waals surface area contributed by atoms with Crippen LogP contribution in [0.1, 0.15) is 27.2 Å². The van der Waals surface area contributed by atoms with Gasteiger partial charge in [-0.1, -0.05) is 0 Å². The second kappa shape index (κ2) is 4.68. The van der Waals surface area contributed by atoms with Crippen molar-refractivity contribution in [3.63, 3.8) is 0 Å². The Morgan fingerprint density at radius 1 is 1.11 bits per heavy atom. The number of nitrogen functional groups attached to an aromatic ring is 1. The molecule has 0 aliphatic heterocycles. The van der Waals surface area contributed by atoms with Crippen LogP contribution in [0.3, 0.4) is 0 Å². The molecule has 98 valence electrons. The van der Waals surface area contributed by atoms with Gasteiger partial charge >= 0.3 is 0 Å². The first-order valence-electron chi connectivity index (χ1n) is 5.91. The topological polar surface area (TPSA) is 94.9 Å². The van der Waals surface area contributed by atoms with Gasteiger partial charge in [0.2, 0.25) is 5.91 Å². The molecular weight excluding hydrogens is 240 g/mol. The van der Waals surface area contributed by atoms with Crippen LogP contribution in [0, 0.1) is 20.8 Å². The third-order valence-electron chi connectivity index (χ3n) is 3.14. The Bertz CT molecular complexity index is 644. The number of amides is 1. The van der Waals surface area contributed by atoms with E-state index in [1.54, 1.807) is 19.3 Å². The predicted octanol–water partition coefficient (Wildman–Crippen LogP) is 1.75. The summed E-state index contributed by atoms with van der Waals surface area (Å²) >= 11 is 0. The molecule has 0 aliphatic rings. The Hall–Kier alpha value is -2.43. The van der Waals surface area contributed by atoms with Gasteiger partial charge in [-0.2, -0.15) is 0 Å². The highest BCUT2D eigenvalue weighted by atomic mass is 16.1. The maximum Gasteiger partial charge on any atom is 0.249 e. The highest BCUT2D eigenvalue weighted by Gasteiger charge is 2.20. The van der Waals surface area contributed by atoms with Crippen LogP contribution in [0.5, 0.6) is 0 Å². The molecule has 0 unspecified atom stereocenters. The maximum absolute atomic E-state index is 11.7. The number of pyridine rings is 2. The molecule has 2 rings (SSSR count). The van der Waals surface area contributed by atoms with Gasteiger partial charge in [-0.15, -0.1) is 0 Å². The summed E-state index contributed by atoms with van der Waals surface area (Å²) in [5.74, 6) is -0.220. The number of primary amides is 1. The van der Waals surface area contributed by atoms with Gasteiger partial charge in [0, 0.05) is 29.2 Å². The Morgan fingerprint density at radius 2 is 1.79 bits per heavy atom. The average Bonchev–Trinajstić information content (AvgIpc) is 2.32. The summed E-state index contributed by atoms with van der Waals surface area (Å²) < 4.78 is 0. The van der Waals surface area contributed by atoms with Gasteiger partial charge in [0.1, 0.15) is 5.82 Å². The summed E-state index contributed by atoms with van der Waals surface area (Å²) in [5, 5.41) is 0. The van der Waals surface area contributed by atoms with Crippen LogP contribution < -0.4 is 11.5 Å². The average molecular weight is 256 g/mol. The van der Waals surface area contributed by atoms with Crippen molar-refractivity contribution in [2.75, 3.05) is 5.73 Å². The first-order valence-corrected chi connectivity index (χ1v) is 5.91. The first-order chi connectivity index (χ1) is 8.93. The summed E-state index contributed by atoms with van der Waals surface area (Å²) in [6, 6.07) is 1.87. The van der Waals surface area contributed by atoms with Crippen molar-refractivity contribution in [2.24, 2.45) is 5.73 Å². The normalized spacial score (nSPS) is 10.5. The molecule has 0 atom stereocenters. The lowest BCUT2D eigenvalue weighted by molar-refractivity contribution is 0.100. The lowest BCUT2D eigenvalue weighted by Crippen LogP contribution is -2.16. The first kappa shape index (κ1) is 13.0. The number of rotatable bonds is 2. The zero-order valence-electron chi connectivity index (χ0n) is 11.2. The molecule has 5 nitrogen and oxygen atoms in total. The van der Waals surface area contributed by atoms with Crippen molar-refractivity contribution in [3.8, 4) is 11.1 Å². The number of nitrogens with two attached hydrogens (primary N) is 2. The summed E-state index contributed by atoms with van der Waals surface area (Å²) in [4.78, 5) is 20.1. The highest BCUT2D eigenvalue weighted by Crippen LogP contribution is 2.33. The molecule has 2 aromatic rings.